The minimum atomic E-state index is -0.669. The molecule has 2 amide bonds. The van der Waals surface area contributed by atoms with Crippen molar-refractivity contribution in [1.29, 1.82) is 0 Å². The molecule has 1 atom stereocenters. The molecule has 1 N–H and O–H groups in total. The predicted octanol–water partition coefficient (Wildman–Crippen LogP) is 2.76. The number of carbonyl (C=O) groups excluding carboxylic acids is 2. The van der Waals surface area contributed by atoms with Crippen LogP contribution in [0.5, 0.6) is 0 Å². The molecule has 4 rings (SSSR count). The van der Waals surface area contributed by atoms with E-state index in [0.717, 1.165) is 29.1 Å². The lowest BCUT2D eigenvalue weighted by molar-refractivity contribution is -0.144. The normalized spacial score (nSPS) is 15.3. The Labute approximate surface area is 199 Å². The molecular weight excluding hydrogens is 432 g/mol. The number of hydrogen-bond donors (Lipinski definition) is 1. The second-order valence-electron chi connectivity index (χ2n) is 8.42. The van der Waals surface area contributed by atoms with Crippen molar-refractivity contribution in [3.63, 3.8) is 0 Å². The highest BCUT2D eigenvalue weighted by atomic mass is 16.5. The lowest BCUT2D eigenvalue weighted by Crippen LogP contribution is -2.54. The highest BCUT2D eigenvalue weighted by Gasteiger charge is 2.25. The standard InChI is InChI=1S/C25H32N6O3/c1-4-19-8-10-20(11-9-19)31-22(28-21-7-6-12-26-23(21)31)17-29-13-15-30(16-14-29)25(33)27-18(3)24(32)34-5-2/h6-12,18H,4-5,13-17H2,1-3H3,(H,27,33)/t18-/m0/s1. The highest BCUT2D eigenvalue weighted by molar-refractivity contribution is 5.83. The van der Waals surface area contributed by atoms with Gasteiger partial charge >= 0.3 is 12.0 Å². The zero-order chi connectivity index (χ0) is 24.1. The van der Waals surface area contributed by atoms with Gasteiger partial charge in [-0.3, -0.25) is 9.47 Å². The van der Waals surface area contributed by atoms with Gasteiger partial charge in [0.1, 0.15) is 17.4 Å². The van der Waals surface area contributed by atoms with Gasteiger partial charge in [-0.25, -0.2) is 19.6 Å². The Morgan fingerprint density at radius 3 is 2.50 bits per heavy atom. The molecule has 0 aliphatic carbocycles. The Morgan fingerprint density at radius 1 is 1.09 bits per heavy atom. The van der Waals surface area contributed by atoms with Crippen molar-refractivity contribution in [3.8, 4) is 5.69 Å². The first-order chi connectivity index (χ1) is 16.5. The van der Waals surface area contributed by atoms with E-state index in [4.69, 9.17) is 9.72 Å². The number of fused-ring (bicyclic) bond motifs is 1. The minimum Gasteiger partial charge on any atom is -0.464 e. The van der Waals surface area contributed by atoms with Crippen molar-refractivity contribution in [2.45, 2.75) is 39.8 Å². The van der Waals surface area contributed by atoms with Gasteiger partial charge in [0, 0.05) is 38.1 Å². The molecule has 2 aromatic heterocycles. The maximum Gasteiger partial charge on any atom is 0.328 e. The quantitative estimate of drug-likeness (QED) is 0.541. The maximum atomic E-state index is 12.6. The van der Waals surface area contributed by atoms with Gasteiger partial charge in [0.25, 0.3) is 0 Å². The highest BCUT2D eigenvalue weighted by Crippen LogP contribution is 2.22. The maximum absolute atomic E-state index is 12.6. The van der Waals surface area contributed by atoms with Crippen LogP contribution in [-0.2, 0) is 22.5 Å². The van der Waals surface area contributed by atoms with E-state index in [0.29, 0.717) is 39.3 Å². The van der Waals surface area contributed by atoms with E-state index in [1.54, 1.807) is 24.9 Å². The third-order valence-electron chi connectivity index (χ3n) is 6.09. The summed E-state index contributed by atoms with van der Waals surface area (Å²) in [6, 6.07) is 11.5. The van der Waals surface area contributed by atoms with Crippen LogP contribution in [-0.4, -0.2) is 75.2 Å². The molecule has 180 valence electrons. The fourth-order valence-corrected chi connectivity index (χ4v) is 4.13. The fraction of sp³-hybridized carbons (Fsp3) is 0.440. The van der Waals surface area contributed by atoms with Gasteiger partial charge in [0.15, 0.2) is 5.65 Å². The third-order valence-corrected chi connectivity index (χ3v) is 6.09. The molecule has 0 bridgehead atoms. The predicted molar refractivity (Wildman–Crippen MR) is 130 cm³/mol. The average molecular weight is 465 g/mol. The number of nitrogens with one attached hydrogen (secondary N) is 1. The number of amides is 2. The van der Waals surface area contributed by atoms with E-state index < -0.39 is 12.0 Å². The van der Waals surface area contributed by atoms with Crippen LogP contribution in [0.4, 0.5) is 4.79 Å². The monoisotopic (exact) mass is 464 g/mol. The SMILES string of the molecule is CCOC(=O)[C@H](C)NC(=O)N1CCN(Cc2nc3cccnc3n2-c2ccc(CC)cc2)CC1. The van der Waals surface area contributed by atoms with E-state index >= 15 is 0 Å². The number of aromatic nitrogens is 3. The van der Waals surface area contributed by atoms with Crippen LogP contribution >= 0.6 is 0 Å². The number of urea groups is 1. The molecule has 0 saturated carbocycles. The fourth-order valence-electron chi connectivity index (χ4n) is 4.13. The van der Waals surface area contributed by atoms with Gasteiger partial charge < -0.3 is 15.0 Å². The second kappa shape index (κ2) is 10.6. The summed E-state index contributed by atoms with van der Waals surface area (Å²) in [5, 5.41) is 2.73. The van der Waals surface area contributed by atoms with Crippen LogP contribution in [0.3, 0.4) is 0 Å². The molecular formula is C25H32N6O3. The van der Waals surface area contributed by atoms with Gasteiger partial charge in [0.2, 0.25) is 0 Å². The Kier molecular flexibility index (Phi) is 7.42. The molecule has 34 heavy (non-hydrogen) atoms. The van der Waals surface area contributed by atoms with Crippen LogP contribution in [0, 0.1) is 0 Å². The van der Waals surface area contributed by atoms with Crippen LogP contribution < -0.4 is 5.32 Å². The van der Waals surface area contributed by atoms with Crippen molar-refractivity contribution in [1.82, 2.24) is 29.7 Å². The molecule has 3 aromatic rings. The molecule has 0 spiro atoms. The lowest BCUT2D eigenvalue weighted by atomic mass is 10.1. The number of pyridine rings is 1. The number of carbonyl (C=O) groups is 2. The average Bonchev–Trinajstić information content (AvgIpc) is 3.22. The summed E-state index contributed by atoms with van der Waals surface area (Å²) in [5.74, 6) is 0.501. The summed E-state index contributed by atoms with van der Waals surface area (Å²) < 4.78 is 7.09. The van der Waals surface area contributed by atoms with E-state index in [9.17, 15) is 9.59 Å². The second-order valence-corrected chi connectivity index (χ2v) is 8.42. The summed E-state index contributed by atoms with van der Waals surface area (Å²) in [6.45, 7) is 9.05. The molecule has 1 aliphatic heterocycles. The number of imidazole rings is 1. The Morgan fingerprint density at radius 2 is 1.82 bits per heavy atom. The number of piperazine rings is 1. The number of rotatable bonds is 7. The number of ether oxygens (including phenoxy) is 1. The Hall–Kier alpha value is -3.46. The van der Waals surface area contributed by atoms with Crippen molar-refractivity contribution >= 4 is 23.2 Å². The van der Waals surface area contributed by atoms with E-state index in [1.807, 2.05) is 12.1 Å². The minimum absolute atomic E-state index is 0.243. The third kappa shape index (κ3) is 5.20. The number of benzene rings is 1. The molecule has 0 radical (unpaired) electrons. The number of aryl methyl sites for hydroxylation is 1. The van der Waals surface area contributed by atoms with Gasteiger partial charge in [-0.1, -0.05) is 19.1 Å². The van der Waals surface area contributed by atoms with Crippen molar-refractivity contribution in [2.24, 2.45) is 0 Å². The van der Waals surface area contributed by atoms with Gasteiger partial charge in [-0.05, 0) is 50.1 Å². The van der Waals surface area contributed by atoms with Crippen molar-refractivity contribution in [3.05, 3.63) is 54.0 Å². The zero-order valence-corrected chi connectivity index (χ0v) is 20.0. The summed E-state index contributed by atoms with van der Waals surface area (Å²) in [5.41, 5.74) is 4.03. The summed E-state index contributed by atoms with van der Waals surface area (Å²) in [7, 11) is 0. The summed E-state index contributed by atoms with van der Waals surface area (Å²) in [4.78, 5) is 37.8. The van der Waals surface area contributed by atoms with Gasteiger partial charge in [0.05, 0.1) is 13.2 Å². The van der Waals surface area contributed by atoms with Crippen molar-refractivity contribution < 1.29 is 14.3 Å². The molecule has 3 heterocycles. The van der Waals surface area contributed by atoms with Gasteiger partial charge in [-0.2, -0.15) is 0 Å². The largest absolute Gasteiger partial charge is 0.464 e. The van der Waals surface area contributed by atoms with Crippen LogP contribution in [0.25, 0.3) is 16.9 Å². The van der Waals surface area contributed by atoms with Crippen molar-refractivity contribution in [2.75, 3.05) is 32.8 Å². The number of nitrogens with zero attached hydrogens (tertiary/aromatic N) is 5. The topological polar surface area (TPSA) is 92.6 Å². The zero-order valence-electron chi connectivity index (χ0n) is 20.0. The van der Waals surface area contributed by atoms with Gasteiger partial charge in [-0.15, -0.1) is 0 Å². The Bertz CT molecular complexity index is 1140. The molecule has 9 nitrogen and oxygen atoms in total. The molecule has 1 saturated heterocycles. The van der Waals surface area contributed by atoms with E-state index in [1.165, 1.54) is 5.56 Å². The smallest absolute Gasteiger partial charge is 0.328 e. The first-order valence-corrected chi connectivity index (χ1v) is 11.9. The number of esters is 1. The molecule has 1 aliphatic rings. The summed E-state index contributed by atoms with van der Waals surface area (Å²) in [6.07, 6.45) is 2.78. The Balaban J connectivity index is 1.44. The molecule has 1 fully saturated rings. The van der Waals surface area contributed by atoms with E-state index in [2.05, 4.69) is 51.0 Å². The lowest BCUT2D eigenvalue weighted by Gasteiger charge is -2.35. The first-order valence-electron chi connectivity index (χ1n) is 11.9. The van der Waals surface area contributed by atoms with Crippen LogP contribution in [0.15, 0.2) is 42.6 Å². The van der Waals surface area contributed by atoms with E-state index in [-0.39, 0.29) is 6.03 Å². The van der Waals surface area contributed by atoms with Crippen LogP contribution in [0.1, 0.15) is 32.2 Å². The molecule has 1 aromatic carbocycles. The first kappa shape index (κ1) is 23.7. The van der Waals surface area contributed by atoms with Crippen LogP contribution in [0.2, 0.25) is 0 Å². The molecule has 9 heteroatoms. The number of hydrogen-bond acceptors (Lipinski definition) is 6. The summed E-state index contributed by atoms with van der Waals surface area (Å²) >= 11 is 0. The molecule has 0 unspecified atom stereocenters.